The van der Waals surface area contributed by atoms with Crippen molar-refractivity contribution < 1.29 is 9.42 Å². The van der Waals surface area contributed by atoms with Gasteiger partial charge in [0.2, 0.25) is 0 Å². The number of hydrogen-bond acceptors (Lipinski definition) is 5. The lowest BCUT2D eigenvalue weighted by atomic mass is 10.2. The van der Waals surface area contributed by atoms with Gasteiger partial charge in [-0.3, -0.25) is 4.79 Å². The maximum Gasteiger partial charge on any atom is 0.271 e. The van der Waals surface area contributed by atoms with E-state index >= 15 is 0 Å². The molecule has 1 aromatic heterocycles. The molecule has 3 aromatic rings. The van der Waals surface area contributed by atoms with Crippen LogP contribution in [-0.4, -0.2) is 22.4 Å². The molecule has 0 saturated carbocycles. The zero-order valence-corrected chi connectivity index (χ0v) is 10.4. The number of rotatable bonds is 3. The lowest BCUT2D eigenvalue weighted by molar-refractivity contribution is 0.0955. The molecular formula is C14H10N4O2. The summed E-state index contributed by atoms with van der Waals surface area (Å²) in [7, 11) is 0. The van der Waals surface area contributed by atoms with Gasteiger partial charge in [-0.15, -0.1) is 0 Å². The van der Waals surface area contributed by atoms with E-state index in [1.807, 2.05) is 30.3 Å². The molecule has 6 nitrogen and oxygen atoms in total. The molecule has 2 aromatic carbocycles. The molecule has 1 amide bonds. The summed E-state index contributed by atoms with van der Waals surface area (Å²) in [6.07, 6.45) is 1.58. The summed E-state index contributed by atoms with van der Waals surface area (Å²) in [6, 6.07) is 14.4. The fraction of sp³-hybridized carbons (Fsp3) is 0. The Morgan fingerprint density at radius 3 is 2.75 bits per heavy atom. The van der Waals surface area contributed by atoms with Crippen LogP contribution >= 0.6 is 0 Å². The summed E-state index contributed by atoms with van der Waals surface area (Å²) in [4.78, 5) is 11.9. The number of aromatic nitrogens is 2. The van der Waals surface area contributed by atoms with E-state index in [1.165, 1.54) is 0 Å². The maximum atomic E-state index is 11.9. The predicted octanol–water partition coefficient (Wildman–Crippen LogP) is 1.99. The molecule has 1 heterocycles. The van der Waals surface area contributed by atoms with Gasteiger partial charge in [0, 0.05) is 5.56 Å². The molecular weight excluding hydrogens is 256 g/mol. The third-order valence-electron chi connectivity index (χ3n) is 2.70. The van der Waals surface area contributed by atoms with Gasteiger partial charge >= 0.3 is 0 Å². The molecule has 0 aliphatic carbocycles. The smallest absolute Gasteiger partial charge is 0.267 e. The fourth-order valence-electron chi connectivity index (χ4n) is 1.69. The molecule has 0 aliphatic heterocycles. The second kappa shape index (κ2) is 5.31. The number of nitrogens with one attached hydrogen (secondary N) is 1. The predicted molar refractivity (Wildman–Crippen MR) is 73.3 cm³/mol. The number of amides is 1. The van der Waals surface area contributed by atoms with Crippen LogP contribution in [0.1, 0.15) is 15.9 Å². The Balaban J connectivity index is 1.71. The summed E-state index contributed by atoms with van der Waals surface area (Å²) in [5, 5.41) is 11.3. The quantitative estimate of drug-likeness (QED) is 0.580. The normalized spacial score (nSPS) is 11.0. The minimum atomic E-state index is -0.318. The van der Waals surface area contributed by atoms with E-state index in [0.29, 0.717) is 16.6 Å². The van der Waals surface area contributed by atoms with Crippen molar-refractivity contribution in [2.24, 2.45) is 5.10 Å². The van der Waals surface area contributed by atoms with E-state index in [0.717, 1.165) is 5.56 Å². The molecule has 98 valence electrons. The first-order valence-corrected chi connectivity index (χ1v) is 5.94. The first-order valence-electron chi connectivity index (χ1n) is 5.94. The monoisotopic (exact) mass is 266 g/mol. The van der Waals surface area contributed by atoms with Gasteiger partial charge in [0.15, 0.2) is 0 Å². The van der Waals surface area contributed by atoms with Crippen molar-refractivity contribution in [3.05, 3.63) is 59.7 Å². The topological polar surface area (TPSA) is 80.4 Å². The van der Waals surface area contributed by atoms with Crippen molar-refractivity contribution in [1.29, 1.82) is 0 Å². The number of carbonyl (C=O) groups is 1. The molecule has 0 radical (unpaired) electrons. The molecule has 3 rings (SSSR count). The van der Waals surface area contributed by atoms with E-state index in [-0.39, 0.29) is 5.91 Å². The summed E-state index contributed by atoms with van der Waals surface area (Å²) in [5.74, 6) is -0.318. The van der Waals surface area contributed by atoms with Gasteiger partial charge in [0.1, 0.15) is 11.0 Å². The minimum absolute atomic E-state index is 0.318. The molecule has 0 saturated heterocycles. The van der Waals surface area contributed by atoms with Crippen LogP contribution in [0, 0.1) is 0 Å². The van der Waals surface area contributed by atoms with Crippen LogP contribution < -0.4 is 5.43 Å². The Morgan fingerprint density at radius 1 is 1.10 bits per heavy atom. The Labute approximate surface area is 114 Å². The molecule has 0 unspecified atom stereocenters. The Bertz CT molecular complexity index is 765. The highest BCUT2D eigenvalue weighted by atomic mass is 16.6. The standard InChI is InChI=1S/C14H10N4O2/c19-14(16-15-9-10-4-2-1-3-5-10)11-6-7-12-13(8-11)18-20-17-12/h1-9H,(H,16,19). The van der Waals surface area contributed by atoms with E-state index in [1.54, 1.807) is 24.4 Å². The highest BCUT2D eigenvalue weighted by molar-refractivity contribution is 5.97. The van der Waals surface area contributed by atoms with Crippen molar-refractivity contribution in [3.8, 4) is 0 Å². The number of fused-ring (bicyclic) bond motifs is 1. The van der Waals surface area contributed by atoms with Gasteiger partial charge in [-0.25, -0.2) is 10.1 Å². The lowest BCUT2D eigenvalue weighted by Crippen LogP contribution is -2.17. The molecule has 1 N–H and O–H groups in total. The van der Waals surface area contributed by atoms with Crippen LogP contribution in [0.2, 0.25) is 0 Å². The second-order valence-corrected chi connectivity index (χ2v) is 4.08. The molecule has 0 spiro atoms. The number of hydrogen-bond donors (Lipinski definition) is 1. The third kappa shape index (κ3) is 2.54. The SMILES string of the molecule is O=C(NN=Cc1ccccc1)c1ccc2nonc2c1. The van der Waals surface area contributed by atoms with E-state index < -0.39 is 0 Å². The second-order valence-electron chi connectivity index (χ2n) is 4.08. The van der Waals surface area contributed by atoms with Gasteiger partial charge in [0.05, 0.1) is 6.21 Å². The first kappa shape index (κ1) is 12.0. The Kier molecular flexibility index (Phi) is 3.20. The summed E-state index contributed by atoms with van der Waals surface area (Å²) >= 11 is 0. The van der Waals surface area contributed by atoms with E-state index in [9.17, 15) is 4.79 Å². The van der Waals surface area contributed by atoms with Crippen molar-refractivity contribution in [2.45, 2.75) is 0 Å². The maximum absolute atomic E-state index is 11.9. The van der Waals surface area contributed by atoms with Crippen molar-refractivity contribution in [2.75, 3.05) is 0 Å². The average molecular weight is 266 g/mol. The number of hydrazone groups is 1. The van der Waals surface area contributed by atoms with E-state index in [4.69, 9.17) is 0 Å². The van der Waals surface area contributed by atoms with Gasteiger partial charge in [-0.05, 0) is 34.1 Å². The molecule has 0 atom stereocenters. The van der Waals surface area contributed by atoms with Gasteiger partial charge in [-0.2, -0.15) is 5.10 Å². The summed E-state index contributed by atoms with van der Waals surface area (Å²) in [6.45, 7) is 0. The zero-order valence-electron chi connectivity index (χ0n) is 10.4. The van der Waals surface area contributed by atoms with Crippen LogP contribution in [0.4, 0.5) is 0 Å². The number of carbonyl (C=O) groups excluding carboxylic acids is 1. The summed E-state index contributed by atoms with van der Waals surface area (Å²) < 4.78 is 4.58. The van der Waals surface area contributed by atoms with Gasteiger partial charge in [0.25, 0.3) is 5.91 Å². The van der Waals surface area contributed by atoms with Gasteiger partial charge in [-0.1, -0.05) is 30.3 Å². The highest BCUT2D eigenvalue weighted by Gasteiger charge is 2.07. The van der Waals surface area contributed by atoms with E-state index in [2.05, 4.69) is 25.5 Å². The number of benzene rings is 2. The molecule has 0 bridgehead atoms. The van der Waals surface area contributed by atoms with Crippen LogP contribution in [0.3, 0.4) is 0 Å². The average Bonchev–Trinajstić information content (AvgIpc) is 2.95. The van der Waals surface area contributed by atoms with Crippen LogP contribution in [0.15, 0.2) is 58.3 Å². The van der Waals surface area contributed by atoms with Crippen LogP contribution in [0.25, 0.3) is 11.0 Å². The molecule has 0 aliphatic rings. The Hall–Kier alpha value is -3.02. The lowest BCUT2D eigenvalue weighted by Gasteiger charge is -1.98. The molecule has 6 heteroatoms. The Morgan fingerprint density at radius 2 is 1.90 bits per heavy atom. The van der Waals surface area contributed by atoms with Crippen LogP contribution in [0.5, 0.6) is 0 Å². The minimum Gasteiger partial charge on any atom is -0.267 e. The third-order valence-corrected chi connectivity index (χ3v) is 2.70. The molecule has 20 heavy (non-hydrogen) atoms. The largest absolute Gasteiger partial charge is 0.271 e. The zero-order chi connectivity index (χ0) is 13.8. The number of nitrogens with zero attached hydrogens (tertiary/aromatic N) is 3. The summed E-state index contributed by atoms with van der Waals surface area (Å²) in [5.41, 5.74) is 4.94. The molecule has 0 fully saturated rings. The van der Waals surface area contributed by atoms with Crippen molar-refractivity contribution in [3.63, 3.8) is 0 Å². The van der Waals surface area contributed by atoms with Crippen LogP contribution in [-0.2, 0) is 0 Å². The first-order chi connectivity index (χ1) is 9.83. The van der Waals surface area contributed by atoms with Crippen molar-refractivity contribution >= 4 is 23.2 Å². The highest BCUT2D eigenvalue weighted by Crippen LogP contribution is 2.11. The van der Waals surface area contributed by atoms with Crippen molar-refractivity contribution in [1.82, 2.24) is 15.7 Å². The van der Waals surface area contributed by atoms with Gasteiger partial charge < -0.3 is 0 Å². The fourth-order valence-corrected chi connectivity index (χ4v) is 1.69.